The van der Waals surface area contributed by atoms with Crippen molar-refractivity contribution < 1.29 is 14.1 Å². The molecule has 1 aliphatic rings. The van der Waals surface area contributed by atoms with Crippen molar-refractivity contribution in [1.29, 1.82) is 0 Å². The monoisotopic (exact) mass is 288 g/mol. The highest BCUT2D eigenvalue weighted by Gasteiger charge is 2.30. The molecule has 1 saturated carbocycles. The highest BCUT2D eigenvalue weighted by molar-refractivity contribution is 5.88. The molecule has 0 bridgehead atoms. The minimum Gasteiger partial charge on any atom is -0.387 e. The molecule has 0 radical (unpaired) electrons. The van der Waals surface area contributed by atoms with Crippen LogP contribution in [0.3, 0.4) is 0 Å². The van der Waals surface area contributed by atoms with Gasteiger partial charge in [-0.2, -0.15) is 0 Å². The molecule has 0 atom stereocenters. The quantitative estimate of drug-likeness (QED) is 0.863. The predicted octanol–water partition coefficient (Wildman–Crippen LogP) is 2.80. The third kappa shape index (κ3) is 3.18. The largest absolute Gasteiger partial charge is 0.422 e. The number of hydrogen-bond acceptors (Lipinski definition) is 6. The number of carbonyl (C=O) groups excluding carboxylic acids is 1. The molecule has 7 heteroatoms. The van der Waals surface area contributed by atoms with Crippen molar-refractivity contribution in [3.8, 4) is 5.88 Å². The van der Waals surface area contributed by atoms with Crippen molar-refractivity contribution in [2.24, 2.45) is 0 Å². The summed E-state index contributed by atoms with van der Waals surface area (Å²) in [6.45, 7) is 0. The Labute approximate surface area is 121 Å². The number of ether oxygens (including phenoxy) is 1. The number of anilines is 1. The zero-order valence-electron chi connectivity index (χ0n) is 11.5. The van der Waals surface area contributed by atoms with Crippen LogP contribution in [0.1, 0.15) is 32.1 Å². The summed E-state index contributed by atoms with van der Waals surface area (Å²) in [6, 6.07) is 1.57. The Hall–Kier alpha value is -2.44. The van der Waals surface area contributed by atoms with Gasteiger partial charge < -0.3 is 9.26 Å². The van der Waals surface area contributed by atoms with E-state index in [-0.39, 0.29) is 11.9 Å². The predicted molar refractivity (Wildman–Crippen MR) is 73.9 cm³/mol. The van der Waals surface area contributed by atoms with E-state index in [1.165, 1.54) is 18.8 Å². The lowest BCUT2D eigenvalue weighted by molar-refractivity contribution is 0.197. The van der Waals surface area contributed by atoms with Gasteiger partial charge in [-0.05, 0) is 18.0 Å². The van der Waals surface area contributed by atoms with Crippen LogP contribution in [0.4, 0.5) is 10.6 Å². The first-order valence-electron chi connectivity index (χ1n) is 7.02. The average Bonchev–Trinajstić information content (AvgIpc) is 3.02. The highest BCUT2D eigenvalue weighted by Crippen LogP contribution is 2.26. The lowest BCUT2D eigenvalue weighted by atomic mass is 9.94. The molecular weight excluding hydrogens is 272 g/mol. The van der Waals surface area contributed by atoms with Gasteiger partial charge in [-0.15, -0.1) is 0 Å². The summed E-state index contributed by atoms with van der Waals surface area (Å²) < 4.78 is 9.91. The molecule has 0 aromatic carbocycles. The first-order chi connectivity index (χ1) is 10.3. The molecule has 2 heterocycles. The van der Waals surface area contributed by atoms with E-state index >= 15 is 0 Å². The lowest BCUT2D eigenvalue weighted by Crippen LogP contribution is -2.43. The Balaban J connectivity index is 1.82. The second-order valence-corrected chi connectivity index (χ2v) is 4.93. The normalized spacial score (nSPS) is 15.6. The van der Waals surface area contributed by atoms with E-state index < -0.39 is 6.09 Å². The number of amides is 1. The van der Waals surface area contributed by atoms with Crippen LogP contribution in [0.25, 0.3) is 0 Å². The summed E-state index contributed by atoms with van der Waals surface area (Å²) in [4.78, 5) is 22.3. The second kappa shape index (κ2) is 6.34. The molecule has 0 aliphatic heterocycles. The van der Waals surface area contributed by atoms with Crippen LogP contribution in [0.5, 0.6) is 5.88 Å². The number of nitrogens with zero attached hydrogens (tertiary/aromatic N) is 4. The zero-order chi connectivity index (χ0) is 14.5. The third-order valence-corrected chi connectivity index (χ3v) is 3.54. The summed E-state index contributed by atoms with van der Waals surface area (Å²) in [5.41, 5.74) is 0. The molecule has 0 spiro atoms. The molecule has 2 aromatic rings. The van der Waals surface area contributed by atoms with Crippen LogP contribution in [0.2, 0.25) is 0 Å². The maximum atomic E-state index is 12.5. The van der Waals surface area contributed by atoms with Gasteiger partial charge in [0.2, 0.25) is 0 Å². The Morgan fingerprint density at radius 1 is 1.29 bits per heavy atom. The highest BCUT2D eigenvalue weighted by atomic mass is 16.6. The number of carbonyl (C=O) groups is 1. The fraction of sp³-hybridized carbons (Fsp3) is 0.429. The van der Waals surface area contributed by atoms with E-state index in [9.17, 15) is 4.79 Å². The summed E-state index contributed by atoms with van der Waals surface area (Å²) in [5, 5.41) is 3.60. The molecule has 2 aromatic heterocycles. The van der Waals surface area contributed by atoms with E-state index in [4.69, 9.17) is 4.74 Å². The van der Waals surface area contributed by atoms with Gasteiger partial charge in [0.15, 0.2) is 5.82 Å². The molecule has 7 nitrogen and oxygen atoms in total. The minimum atomic E-state index is -0.503. The van der Waals surface area contributed by atoms with E-state index in [1.54, 1.807) is 23.5 Å². The Morgan fingerprint density at radius 2 is 2.14 bits per heavy atom. The second-order valence-electron chi connectivity index (χ2n) is 4.93. The first kappa shape index (κ1) is 13.5. The van der Waals surface area contributed by atoms with E-state index in [2.05, 4.69) is 19.6 Å². The van der Waals surface area contributed by atoms with Gasteiger partial charge >= 0.3 is 6.09 Å². The molecule has 0 N–H and O–H groups in total. The van der Waals surface area contributed by atoms with Crippen LogP contribution >= 0.6 is 0 Å². The van der Waals surface area contributed by atoms with Crippen LogP contribution in [-0.2, 0) is 0 Å². The van der Waals surface area contributed by atoms with Crippen molar-refractivity contribution in [1.82, 2.24) is 15.1 Å². The summed E-state index contributed by atoms with van der Waals surface area (Å²) in [5.74, 6) is 0.641. The Kier molecular flexibility index (Phi) is 4.09. The summed E-state index contributed by atoms with van der Waals surface area (Å²) in [7, 11) is 0. The Morgan fingerprint density at radius 3 is 2.81 bits per heavy atom. The van der Waals surface area contributed by atoms with Crippen molar-refractivity contribution in [3.05, 3.63) is 30.9 Å². The van der Waals surface area contributed by atoms with Gasteiger partial charge in [-0.1, -0.05) is 19.3 Å². The van der Waals surface area contributed by atoms with Crippen LogP contribution in [0.15, 0.2) is 35.4 Å². The maximum absolute atomic E-state index is 12.5. The standard InChI is InChI=1S/C14H16N4O3/c19-14(21-13-6-9-20-17-13)18(11-4-2-1-3-5-11)12-10-15-7-8-16-12/h6-11H,1-5H2. The molecule has 1 amide bonds. The van der Waals surface area contributed by atoms with Crippen molar-refractivity contribution in [2.75, 3.05) is 4.90 Å². The van der Waals surface area contributed by atoms with Crippen molar-refractivity contribution >= 4 is 11.9 Å². The lowest BCUT2D eigenvalue weighted by Gasteiger charge is -2.32. The summed E-state index contributed by atoms with van der Waals surface area (Å²) in [6.07, 6.45) is 10.8. The molecule has 1 fully saturated rings. The number of hydrogen-bond donors (Lipinski definition) is 0. The summed E-state index contributed by atoms with van der Waals surface area (Å²) >= 11 is 0. The third-order valence-electron chi connectivity index (χ3n) is 3.54. The van der Waals surface area contributed by atoms with Crippen LogP contribution < -0.4 is 9.64 Å². The molecule has 0 unspecified atom stereocenters. The van der Waals surface area contributed by atoms with Crippen molar-refractivity contribution in [2.45, 2.75) is 38.1 Å². The zero-order valence-corrected chi connectivity index (χ0v) is 11.5. The van der Waals surface area contributed by atoms with Gasteiger partial charge in [0.25, 0.3) is 5.88 Å². The topological polar surface area (TPSA) is 81.4 Å². The van der Waals surface area contributed by atoms with Gasteiger partial charge in [0, 0.05) is 24.5 Å². The van der Waals surface area contributed by atoms with Crippen LogP contribution in [0, 0.1) is 0 Å². The number of aromatic nitrogens is 3. The Bertz CT molecular complexity index is 567. The van der Waals surface area contributed by atoms with Gasteiger partial charge in [-0.25, -0.2) is 9.78 Å². The minimum absolute atomic E-state index is 0.0786. The van der Waals surface area contributed by atoms with E-state index in [0.29, 0.717) is 5.82 Å². The first-order valence-corrected chi connectivity index (χ1v) is 7.02. The molecule has 0 saturated heterocycles. The van der Waals surface area contributed by atoms with Gasteiger partial charge in [0.1, 0.15) is 6.26 Å². The molecule has 110 valence electrons. The maximum Gasteiger partial charge on any atom is 0.422 e. The average molecular weight is 288 g/mol. The fourth-order valence-corrected chi connectivity index (χ4v) is 2.58. The molecule has 21 heavy (non-hydrogen) atoms. The number of rotatable bonds is 3. The van der Waals surface area contributed by atoms with E-state index in [1.807, 2.05) is 0 Å². The molecule has 1 aliphatic carbocycles. The molecule has 3 rings (SSSR count). The van der Waals surface area contributed by atoms with Gasteiger partial charge in [-0.3, -0.25) is 9.88 Å². The van der Waals surface area contributed by atoms with Gasteiger partial charge in [0.05, 0.1) is 6.20 Å². The molecular formula is C14H16N4O3. The fourth-order valence-electron chi connectivity index (χ4n) is 2.58. The smallest absolute Gasteiger partial charge is 0.387 e. The van der Waals surface area contributed by atoms with Crippen LogP contribution in [-0.4, -0.2) is 27.3 Å². The van der Waals surface area contributed by atoms with E-state index in [0.717, 1.165) is 25.7 Å². The SMILES string of the molecule is O=C(Oc1ccon1)N(c1cnccn1)C1CCCCC1. The van der Waals surface area contributed by atoms with Crippen molar-refractivity contribution in [3.63, 3.8) is 0 Å².